The summed E-state index contributed by atoms with van der Waals surface area (Å²) in [5, 5.41) is 6.17. The van der Waals surface area contributed by atoms with E-state index in [1.54, 1.807) is 39.1 Å². The molecule has 3 aromatic rings. The molecule has 1 aliphatic heterocycles. The highest BCUT2D eigenvalue weighted by Gasteiger charge is 2.44. The van der Waals surface area contributed by atoms with Crippen molar-refractivity contribution in [2.24, 2.45) is 0 Å². The lowest BCUT2D eigenvalue weighted by molar-refractivity contribution is -0.124. The van der Waals surface area contributed by atoms with Gasteiger partial charge in [0.15, 0.2) is 18.2 Å². The smallest absolute Gasteiger partial charge is 0.419 e. The van der Waals surface area contributed by atoms with Crippen molar-refractivity contribution in [2.75, 3.05) is 11.5 Å². The molecule has 0 spiro atoms. The van der Waals surface area contributed by atoms with Crippen molar-refractivity contribution in [2.45, 2.75) is 103 Å². The number of carbonyl (C=O) groups is 3. The third-order valence-corrected chi connectivity index (χ3v) is 15.0. The number of aromatic nitrogens is 1. The van der Waals surface area contributed by atoms with Crippen molar-refractivity contribution < 1.29 is 36.7 Å². The fourth-order valence-electron chi connectivity index (χ4n) is 5.29. The van der Waals surface area contributed by atoms with Crippen LogP contribution in [0.4, 0.5) is 9.59 Å². The summed E-state index contributed by atoms with van der Waals surface area (Å²) in [5.41, 5.74) is 1.21. The van der Waals surface area contributed by atoms with E-state index in [-0.39, 0.29) is 36.0 Å². The van der Waals surface area contributed by atoms with Gasteiger partial charge < -0.3 is 24.5 Å². The lowest BCUT2D eigenvalue weighted by Gasteiger charge is -2.43. The predicted octanol–water partition coefficient (Wildman–Crippen LogP) is 5.96. The van der Waals surface area contributed by atoms with Gasteiger partial charge in [-0.3, -0.25) is 9.36 Å². The molecule has 2 heterocycles. The molecular formula is C35H49N3O8SSi. The molecule has 4 rings (SSSR count). The molecule has 2 aromatic carbocycles. The first-order valence-corrected chi connectivity index (χ1v) is 21.0. The quantitative estimate of drug-likeness (QED) is 0.261. The first-order chi connectivity index (χ1) is 22.2. The summed E-state index contributed by atoms with van der Waals surface area (Å²) < 4.78 is 44.7. The highest BCUT2D eigenvalue weighted by atomic mass is 32.2. The van der Waals surface area contributed by atoms with Crippen molar-refractivity contribution in [1.82, 2.24) is 15.2 Å². The second kappa shape index (κ2) is 14.4. The maximum atomic E-state index is 14.1. The van der Waals surface area contributed by atoms with E-state index in [9.17, 15) is 22.8 Å². The Morgan fingerprint density at radius 2 is 1.62 bits per heavy atom. The van der Waals surface area contributed by atoms with E-state index in [1.807, 2.05) is 42.5 Å². The summed E-state index contributed by atoms with van der Waals surface area (Å²) in [4.78, 5) is 40.3. The molecule has 2 amide bonds. The molecule has 2 N–H and O–H groups in total. The van der Waals surface area contributed by atoms with Crippen molar-refractivity contribution in [3.63, 3.8) is 0 Å². The first kappa shape index (κ1) is 37.1. The fourth-order valence-corrected chi connectivity index (χ4v) is 8.28. The van der Waals surface area contributed by atoms with Crippen molar-refractivity contribution in [3.05, 3.63) is 71.9 Å². The number of alkyl carbamates (subject to hydrolysis) is 1. The molecule has 1 fully saturated rings. The fraction of sp³-hybridized carbons (Fsp3) is 0.514. The molecule has 0 unspecified atom stereocenters. The summed E-state index contributed by atoms with van der Waals surface area (Å²) in [6.45, 7) is 15.8. The van der Waals surface area contributed by atoms with E-state index >= 15 is 0 Å². The summed E-state index contributed by atoms with van der Waals surface area (Å²) in [6.07, 6.45) is -0.0850. The minimum atomic E-state index is -3.44. The summed E-state index contributed by atoms with van der Waals surface area (Å²) >= 11 is 0. The molecule has 0 radical (unpaired) electrons. The normalized spacial score (nSPS) is 18.9. The molecule has 48 heavy (non-hydrogen) atoms. The zero-order valence-electron chi connectivity index (χ0n) is 29.2. The van der Waals surface area contributed by atoms with Crippen LogP contribution in [0.25, 0.3) is 10.9 Å². The summed E-state index contributed by atoms with van der Waals surface area (Å²) in [7, 11) is -5.77. The van der Waals surface area contributed by atoms with Gasteiger partial charge in [-0.15, -0.1) is 0 Å². The van der Waals surface area contributed by atoms with E-state index in [0.29, 0.717) is 16.5 Å². The topological polar surface area (TPSA) is 142 Å². The Morgan fingerprint density at radius 1 is 0.979 bits per heavy atom. The summed E-state index contributed by atoms with van der Waals surface area (Å²) in [6, 6.07) is 14.3. The first-order valence-electron chi connectivity index (χ1n) is 16.2. The van der Waals surface area contributed by atoms with Crippen molar-refractivity contribution in [3.8, 4) is 0 Å². The molecule has 0 bridgehead atoms. The van der Waals surface area contributed by atoms with Gasteiger partial charge in [0.1, 0.15) is 18.2 Å². The Bertz CT molecular complexity index is 1730. The van der Waals surface area contributed by atoms with E-state index < -0.39 is 60.0 Å². The lowest BCUT2D eigenvalue weighted by atomic mass is 10.0. The number of rotatable bonds is 9. The molecule has 262 valence electrons. The average Bonchev–Trinajstić information content (AvgIpc) is 3.34. The van der Waals surface area contributed by atoms with Crippen LogP contribution >= 0.6 is 0 Å². The molecule has 13 heteroatoms. The van der Waals surface area contributed by atoms with Crippen molar-refractivity contribution >= 4 is 47.2 Å². The minimum absolute atomic E-state index is 0.0116. The number of fused-ring (bicyclic) bond motifs is 1. The van der Waals surface area contributed by atoms with E-state index in [4.69, 9.17) is 13.9 Å². The van der Waals surface area contributed by atoms with E-state index in [0.717, 1.165) is 5.56 Å². The van der Waals surface area contributed by atoms with Crippen LogP contribution in [-0.4, -0.2) is 74.7 Å². The number of para-hydroxylation sites is 1. The van der Waals surface area contributed by atoms with Crippen LogP contribution in [0.15, 0.2) is 60.8 Å². The standard InChI is InChI=1S/C35H49N3O8SSi/c1-34(2,3)45-33(41)38-21-25(26-16-12-13-17-29(26)38)20-27(37-32(40)44-22-24-14-10-9-11-15-24)31(39)36-28-23-47(42,43)19-18-30(28)46-48(7,8)35(4,5)6/h9-17,21,27-28,30H,18-20,22-23H2,1-8H3,(H,36,39)(H,37,40)/t27-,28+,30-/m0/s1. The van der Waals surface area contributed by atoms with Gasteiger partial charge in [-0.25, -0.2) is 18.0 Å². The number of amides is 2. The lowest BCUT2D eigenvalue weighted by Crippen LogP contribution is -2.60. The third kappa shape index (κ3) is 9.70. The maximum absolute atomic E-state index is 14.1. The molecule has 1 aromatic heterocycles. The van der Waals surface area contributed by atoms with Gasteiger partial charge in [0.25, 0.3) is 0 Å². The molecule has 3 atom stereocenters. The monoisotopic (exact) mass is 699 g/mol. The van der Waals surface area contributed by atoms with Gasteiger partial charge in [0, 0.05) is 18.0 Å². The van der Waals surface area contributed by atoms with Crippen LogP contribution in [0.2, 0.25) is 18.1 Å². The van der Waals surface area contributed by atoms with Crippen LogP contribution in [0.3, 0.4) is 0 Å². The van der Waals surface area contributed by atoms with Gasteiger partial charge in [-0.05, 0) is 62.5 Å². The van der Waals surface area contributed by atoms with Gasteiger partial charge >= 0.3 is 12.2 Å². The SMILES string of the molecule is CC(C)(C)OC(=O)n1cc(C[C@H](NC(=O)OCc2ccccc2)C(=O)N[C@@H]2CS(=O)(=O)CC[C@@H]2O[Si](C)(C)C(C)(C)C)c2ccccc21. The Labute approximate surface area is 284 Å². The van der Waals surface area contributed by atoms with E-state index in [1.165, 1.54) is 4.57 Å². The predicted molar refractivity (Wildman–Crippen MR) is 188 cm³/mol. The molecule has 0 aliphatic carbocycles. The van der Waals surface area contributed by atoms with Gasteiger partial charge in [-0.2, -0.15) is 0 Å². The molecular weight excluding hydrogens is 651 g/mol. The third-order valence-electron chi connectivity index (χ3n) is 8.81. The number of benzene rings is 2. The number of hydrogen-bond acceptors (Lipinski definition) is 8. The number of sulfone groups is 1. The molecule has 11 nitrogen and oxygen atoms in total. The number of ether oxygens (including phenoxy) is 2. The highest BCUT2D eigenvalue weighted by molar-refractivity contribution is 7.91. The number of nitrogens with zero attached hydrogens (tertiary/aromatic N) is 1. The van der Waals surface area contributed by atoms with Gasteiger partial charge in [0.2, 0.25) is 5.91 Å². The minimum Gasteiger partial charge on any atom is -0.445 e. The van der Waals surface area contributed by atoms with Crippen LogP contribution in [0, 0.1) is 0 Å². The van der Waals surface area contributed by atoms with Gasteiger partial charge in [-0.1, -0.05) is 69.3 Å². The van der Waals surface area contributed by atoms with Crippen LogP contribution in [-0.2, 0) is 41.6 Å². The molecule has 1 saturated heterocycles. The Kier molecular flexibility index (Phi) is 11.2. The molecule has 0 saturated carbocycles. The Hall–Kier alpha value is -3.68. The number of hydrogen-bond donors (Lipinski definition) is 2. The molecule has 1 aliphatic rings. The van der Waals surface area contributed by atoms with Crippen LogP contribution in [0.1, 0.15) is 59.1 Å². The zero-order chi connectivity index (χ0) is 35.5. The second-order valence-corrected chi connectivity index (χ2v) is 21.9. The highest BCUT2D eigenvalue weighted by Crippen LogP contribution is 2.38. The van der Waals surface area contributed by atoms with Crippen LogP contribution in [0.5, 0.6) is 0 Å². The maximum Gasteiger partial charge on any atom is 0.419 e. The largest absolute Gasteiger partial charge is 0.445 e. The zero-order valence-corrected chi connectivity index (χ0v) is 31.0. The summed E-state index contributed by atoms with van der Waals surface area (Å²) in [5.74, 6) is -0.899. The van der Waals surface area contributed by atoms with Gasteiger partial charge in [0.05, 0.1) is 29.2 Å². The Morgan fingerprint density at radius 3 is 2.27 bits per heavy atom. The van der Waals surface area contributed by atoms with E-state index in [2.05, 4.69) is 44.5 Å². The Balaban J connectivity index is 1.64. The van der Waals surface area contributed by atoms with Crippen LogP contribution < -0.4 is 10.6 Å². The second-order valence-electron chi connectivity index (χ2n) is 14.9. The average molecular weight is 700 g/mol. The number of nitrogens with one attached hydrogen (secondary N) is 2. The van der Waals surface area contributed by atoms with Crippen molar-refractivity contribution in [1.29, 1.82) is 0 Å². The number of carbonyl (C=O) groups excluding carboxylic acids is 3.